The van der Waals surface area contributed by atoms with Crippen LogP contribution in [0.25, 0.3) is 10.4 Å². The number of piperazine rings is 1. The molecule has 32 heavy (non-hydrogen) atoms. The molecule has 3 heterocycles. The largest absolute Gasteiger partial charge is 0.350 e. The van der Waals surface area contributed by atoms with Crippen LogP contribution in [0.2, 0.25) is 0 Å². The smallest absolute Gasteiger partial charge is 0.243 e. The van der Waals surface area contributed by atoms with Crippen molar-refractivity contribution in [3.8, 4) is 10.4 Å². The molecule has 3 atom stereocenters. The predicted molar refractivity (Wildman–Crippen MR) is 127 cm³/mol. The van der Waals surface area contributed by atoms with E-state index in [2.05, 4.69) is 39.6 Å². The second-order valence-corrected chi connectivity index (χ2v) is 9.85. The highest BCUT2D eigenvalue weighted by Crippen LogP contribution is 2.27. The number of thiazole rings is 1. The number of likely N-dealkylation sites (tertiary alicyclic amines) is 1. The second kappa shape index (κ2) is 10.1. The normalized spacial score (nSPS) is 22.7. The first-order valence-electron chi connectivity index (χ1n) is 11.5. The van der Waals surface area contributed by atoms with Crippen LogP contribution in [0.15, 0.2) is 29.8 Å². The van der Waals surface area contributed by atoms with E-state index in [1.54, 1.807) is 11.3 Å². The molecule has 0 unspecified atom stereocenters. The minimum atomic E-state index is -0.387. The van der Waals surface area contributed by atoms with Gasteiger partial charge in [-0.15, -0.1) is 11.3 Å². The standard InChI is InChI=1S/C24H33N5O2S/c1-16-12-21(29(14-16)24(31)18(3)28-10-8-25-9-11-28)23(30)26-13-19-4-6-20(7-5-19)22-17(2)27-15-32-22/h4-7,15-16,18,21,25H,8-14H2,1-3H3,(H,26,30)/t16-,18-,21+/m1/s1. The van der Waals surface area contributed by atoms with Crippen molar-refractivity contribution in [2.24, 2.45) is 5.92 Å². The lowest BCUT2D eigenvalue weighted by atomic mass is 10.1. The van der Waals surface area contributed by atoms with Crippen LogP contribution in [-0.2, 0) is 16.1 Å². The number of carbonyl (C=O) groups is 2. The van der Waals surface area contributed by atoms with E-state index in [9.17, 15) is 9.59 Å². The summed E-state index contributed by atoms with van der Waals surface area (Å²) in [7, 11) is 0. The predicted octanol–water partition coefficient (Wildman–Crippen LogP) is 2.27. The van der Waals surface area contributed by atoms with Crippen LogP contribution < -0.4 is 10.6 Å². The fraction of sp³-hybridized carbons (Fsp3) is 0.542. The molecule has 0 saturated carbocycles. The Morgan fingerprint density at radius 2 is 1.97 bits per heavy atom. The first kappa shape index (κ1) is 22.9. The zero-order valence-corrected chi connectivity index (χ0v) is 20.0. The van der Waals surface area contributed by atoms with Gasteiger partial charge in [0, 0.05) is 39.3 Å². The third kappa shape index (κ3) is 5.03. The Balaban J connectivity index is 1.36. The molecule has 4 rings (SSSR count). The molecule has 172 valence electrons. The van der Waals surface area contributed by atoms with Crippen molar-refractivity contribution in [3.63, 3.8) is 0 Å². The topological polar surface area (TPSA) is 77.6 Å². The summed E-state index contributed by atoms with van der Waals surface area (Å²) in [5, 5.41) is 6.39. The third-order valence-corrected chi connectivity index (χ3v) is 7.56. The van der Waals surface area contributed by atoms with Crippen LogP contribution in [-0.4, -0.2) is 71.4 Å². The van der Waals surface area contributed by atoms with Gasteiger partial charge in [0.15, 0.2) is 0 Å². The highest BCUT2D eigenvalue weighted by atomic mass is 32.1. The maximum atomic E-state index is 13.2. The molecule has 0 spiro atoms. The molecule has 2 N–H and O–H groups in total. The minimum absolute atomic E-state index is 0.0578. The molecule has 2 fully saturated rings. The Kier molecular flexibility index (Phi) is 7.23. The summed E-state index contributed by atoms with van der Waals surface area (Å²) in [5.74, 6) is 0.338. The first-order chi connectivity index (χ1) is 15.4. The van der Waals surface area contributed by atoms with Gasteiger partial charge in [-0.25, -0.2) is 4.98 Å². The van der Waals surface area contributed by atoms with Crippen molar-refractivity contribution in [2.75, 3.05) is 32.7 Å². The van der Waals surface area contributed by atoms with E-state index in [1.807, 2.05) is 36.4 Å². The van der Waals surface area contributed by atoms with Gasteiger partial charge in [0.05, 0.1) is 22.1 Å². The molecule has 1 aromatic carbocycles. The number of benzene rings is 1. The van der Waals surface area contributed by atoms with E-state index < -0.39 is 0 Å². The van der Waals surface area contributed by atoms with Crippen LogP contribution in [0, 0.1) is 12.8 Å². The molecular weight excluding hydrogens is 422 g/mol. The van der Waals surface area contributed by atoms with Crippen LogP contribution in [0.5, 0.6) is 0 Å². The van der Waals surface area contributed by atoms with Gasteiger partial charge >= 0.3 is 0 Å². The van der Waals surface area contributed by atoms with Crippen molar-refractivity contribution in [3.05, 3.63) is 41.0 Å². The molecule has 1 aromatic heterocycles. The monoisotopic (exact) mass is 455 g/mol. The molecule has 2 aromatic rings. The van der Waals surface area contributed by atoms with E-state index >= 15 is 0 Å². The van der Waals surface area contributed by atoms with Gasteiger partial charge in [0.1, 0.15) is 6.04 Å². The van der Waals surface area contributed by atoms with Crippen LogP contribution in [0.3, 0.4) is 0 Å². The van der Waals surface area contributed by atoms with Crippen molar-refractivity contribution >= 4 is 23.2 Å². The molecule has 2 amide bonds. The molecule has 2 saturated heterocycles. The zero-order valence-electron chi connectivity index (χ0n) is 19.1. The quantitative estimate of drug-likeness (QED) is 0.699. The molecular formula is C24H33N5O2S. The molecule has 7 nitrogen and oxygen atoms in total. The minimum Gasteiger partial charge on any atom is -0.350 e. The maximum absolute atomic E-state index is 13.2. The van der Waals surface area contributed by atoms with E-state index in [4.69, 9.17) is 0 Å². The Labute approximate surface area is 194 Å². The summed E-state index contributed by atoms with van der Waals surface area (Å²) in [6.45, 7) is 10.7. The Morgan fingerprint density at radius 1 is 1.25 bits per heavy atom. The van der Waals surface area contributed by atoms with Crippen molar-refractivity contribution in [1.29, 1.82) is 0 Å². The van der Waals surface area contributed by atoms with E-state index in [-0.39, 0.29) is 23.9 Å². The Morgan fingerprint density at radius 3 is 2.62 bits per heavy atom. The molecule has 8 heteroatoms. The summed E-state index contributed by atoms with van der Waals surface area (Å²) >= 11 is 1.63. The lowest BCUT2D eigenvalue weighted by molar-refractivity contribution is -0.142. The average molecular weight is 456 g/mol. The van der Waals surface area contributed by atoms with Crippen LogP contribution in [0.1, 0.15) is 31.5 Å². The summed E-state index contributed by atoms with van der Waals surface area (Å²) in [6, 6.07) is 7.65. The van der Waals surface area contributed by atoms with Crippen molar-refractivity contribution in [2.45, 2.75) is 45.8 Å². The van der Waals surface area contributed by atoms with Crippen LogP contribution >= 0.6 is 11.3 Å². The van der Waals surface area contributed by atoms with Gasteiger partial charge in [-0.2, -0.15) is 0 Å². The number of nitrogens with zero attached hydrogens (tertiary/aromatic N) is 3. The third-order valence-electron chi connectivity index (χ3n) is 6.58. The number of rotatable bonds is 6. The summed E-state index contributed by atoms with van der Waals surface area (Å²) in [4.78, 5) is 35.8. The van der Waals surface area contributed by atoms with Gasteiger partial charge in [0.25, 0.3) is 0 Å². The number of nitrogens with one attached hydrogen (secondary N) is 2. The van der Waals surface area contributed by atoms with Gasteiger partial charge < -0.3 is 15.5 Å². The molecule has 2 aliphatic rings. The Bertz CT molecular complexity index is 938. The Hall–Kier alpha value is -2.29. The van der Waals surface area contributed by atoms with Crippen LogP contribution in [0.4, 0.5) is 0 Å². The van der Waals surface area contributed by atoms with E-state index in [0.717, 1.165) is 49.4 Å². The first-order valence-corrected chi connectivity index (χ1v) is 12.3. The van der Waals surface area contributed by atoms with E-state index in [0.29, 0.717) is 19.0 Å². The summed E-state index contributed by atoms with van der Waals surface area (Å²) in [5.41, 5.74) is 5.08. The number of amides is 2. The molecule has 0 aliphatic carbocycles. The second-order valence-electron chi connectivity index (χ2n) is 8.99. The highest BCUT2D eigenvalue weighted by Gasteiger charge is 2.40. The zero-order chi connectivity index (χ0) is 22.7. The highest BCUT2D eigenvalue weighted by molar-refractivity contribution is 7.13. The van der Waals surface area contributed by atoms with Gasteiger partial charge in [-0.1, -0.05) is 31.2 Å². The van der Waals surface area contributed by atoms with Crippen molar-refractivity contribution in [1.82, 2.24) is 25.4 Å². The van der Waals surface area contributed by atoms with Gasteiger partial charge in [0.2, 0.25) is 11.8 Å². The SMILES string of the molecule is Cc1ncsc1-c1ccc(CNC(=O)[C@@H]2C[C@@H](C)CN2C(=O)[C@@H](C)N2CCNCC2)cc1. The van der Waals surface area contributed by atoms with Crippen molar-refractivity contribution < 1.29 is 9.59 Å². The lowest BCUT2D eigenvalue weighted by Crippen LogP contribution is -2.56. The lowest BCUT2D eigenvalue weighted by Gasteiger charge is -2.35. The van der Waals surface area contributed by atoms with Gasteiger partial charge in [-0.05, 0) is 37.3 Å². The average Bonchev–Trinajstić information content (AvgIpc) is 3.43. The fourth-order valence-electron chi connectivity index (χ4n) is 4.66. The number of aryl methyl sites for hydroxylation is 1. The summed E-state index contributed by atoms with van der Waals surface area (Å²) in [6.07, 6.45) is 0.718. The number of carbonyl (C=O) groups excluding carboxylic acids is 2. The van der Waals surface area contributed by atoms with E-state index in [1.165, 1.54) is 4.88 Å². The number of hydrogen-bond acceptors (Lipinski definition) is 6. The maximum Gasteiger partial charge on any atom is 0.243 e. The fourth-order valence-corrected chi connectivity index (χ4v) is 5.48. The number of hydrogen-bond donors (Lipinski definition) is 2. The molecule has 0 radical (unpaired) electrons. The van der Waals surface area contributed by atoms with Gasteiger partial charge in [-0.3, -0.25) is 14.5 Å². The number of aromatic nitrogens is 1. The molecule has 2 aliphatic heterocycles. The molecule has 0 bridgehead atoms. The summed E-state index contributed by atoms with van der Waals surface area (Å²) < 4.78 is 0.